The highest BCUT2D eigenvalue weighted by molar-refractivity contribution is 5.79. The number of aryl methyl sites for hydroxylation is 2. The number of hydrogen-bond donors (Lipinski definition) is 1. The molecule has 0 bridgehead atoms. The SMILES string of the molecule is COc1cc(C)c(C(C)NC(=O)Cc2c(C)nn(-c3ccc(F)cc3)c2C)cc1OC. The summed E-state index contributed by atoms with van der Waals surface area (Å²) in [6.07, 6.45) is 0.204. The number of nitrogens with one attached hydrogen (secondary N) is 1. The lowest BCUT2D eigenvalue weighted by Crippen LogP contribution is -2.29. The van der Waals surface area contributed by atoms with E-state index in [1.165, 1.54) is 12.1 Å². The van der Waals surface area contributed by atoms with Crippen LogP contribution < -0.4 is 14.8 Å². The number of carbonyl (C=O) groups excluding carboxylic acids is 1. The zero-order valence-electron chi connectivity index (χ0n) is 18.7. The monoisotopic (exact) mass is 425 g/mol. The fourth-order valence-electron chi connectivity index (χ4n) is 3.76. The third-order valence-corrected chi connectivity index (χ3v) is 5.47. The molecule has 164 valence electrons. The van der Waals surface area contributed by atoms with Crippen molar-refractivity contribution in [1.82, 2.24) is 15.1 Å². The van der Waals surface area contributed by atoms with Gasteiger partial charge in [0.1, 0.15) is 5.82 Å². The Morgan fingerprint density at radius 2 is 1.71 bits per heavy atom. The standard InChI is InChI=1S/C24H28FN3O3/c1-14-11-22(30-5)23(31-6)12-20(14)15(2)26-24(29)13-21-16(3)27-28(17(21)4)19-9-7-18(25)8-10-19/h7-12,15H,13H2,1-6H3,(H,26,29). The van der Waals surface area contributed by atoms with Crippen molar-refractivity contribution in [1.29, 1.82) is 0 Å². The van der Waals surface area contributed by atoms with Gasteiger partial charge in [-0.15, -0.1) is 0 Å². The highest BCUT2D eigenvalue weighted by Gasteiger charge is 2.19. The second-order valence-electron chi connectivity index (χ2n) is 7.57. The van der Waals surface area contributed by atoms with Crippen molar-refractivity contribution < 1.29 is 18.7 Å². The number of benzene rings is 2. The number of halogens is 1. The molecule has 0 aliphatic heterocycles. The van der Waals surface area contributed by atoms with Gasteiger partial charge in [-0.3, -0.25) is 4.79 Å². The fourth-order valence-corrected chi connectivity index (χ4v) is 3.76. The molecule has 1 heterocycles. The molecule has 1 amide bonds. The van der Waals surface area contributed by atoms with Gasteiger partial charge in [0.15, 0.2) is 11.5 Å². The maximum absolute atomic E-state index is 13.2. The molecule has 0 spiro atoms. The van der Waals surface area contributed by atoms with E-state index in [-0.39, 0.29) is 24.2 Å². The summed E-state index contributed by atoms with van der Waals surface area (Å²) in [6, 6.07) is 9.71. The summed E-state index contributed by atoms with van der Waals surface area (Å²) >= 11 is 0. The molecule has 1 unspecified atom stereocenters. The quantitative estimate of drug-likeness (QED) is 0.610. The summed E-state index contributed by atoms with van der Waals surface area (Å²) in [5.41, 5.74) is 5.20. The van der Waals surface area contributed by atoms with Crippen LogP contribution in [-0.2, 0) is 11.2 Å². The van der Waals surface area contributed by atoms with Gasteiger partial charge in [-0.05, 0) is 75.2 Å². The van der Waals surface area contributed by atoms with E-state index in [1.54, 1.807) is 31.0 Å². The molecule has 1 atom stereocenters. The van der Waals surface area contributed by atoms with E-state index in [4.69, 9.17) is 9.47 Å². The number of nitrogens with zero attached hydrogens (tertiary/aromatic N) is 2. The average molecular weight is 426 g/mol. The highest BCUT2D eigenvalue weighted by atomic mass is 19.1. The molecule has 0 radical (unpaired) electrons. The van der Waals surface area contributed by atoms with E-state index in [1.807, 2.05) is 39.8 Å². The molecule has 1 aromatic heterocycles. The molecule has 0 saturated carbocycles. The molecular weight excluding hydrogens is 397 g/mol. The molecule has 3 aromatic rings. The van der Waals surface area contributed by atoms with Gasteiger partial charge in [0.2, 0.25) is 5.91 Å². The number of methoxy groups -OCH3 is 2. The summed E-state index contributed by atoms with van der Waals surface area (Å²) in [7, 11) is 3.18. The number of hydrogen-bond acceptors (Lipinski definition) is 4. The summed E-state index contributed by atoms with van der Waals surface area (Å²) in [5.74, 6) is 0.870. The number of aromatic nitrogens is 2. The van der Waals surface area contributed by atoms with Crippen molar-refractivity contribution in [2.45, 2.75) is 40.2 Å². The van der Waals surface area contributed by atoms with Crippen molar-refractivity contribution in [3.63, 3.8) is 0 Å². The van der Waals surface area contributed by atoms with Crippen LogP contribution in [0.2, 0.25) is 0 Å². The minimum absolute atomic E-state index is 0.105. The Labute approximate surface area is 182 Å². The molecule has 6 nitrogen and oxygen atoms in total. The van der Waals surface area contributed by atoms with Crippen LogP contribution in [0, 0.1) is 26.6 Å². The van der Waals surface area contributed by atoms with Crippen LogP contribution in [-0.4, -0.2) is 29.9 Å². The van der Waals surface area contributed by atoms with Crippen LogP contribution in [0.4, 0.5) is 4.39 Å². The van der Waals surface area contributed by atoms with Crippen molar-refractivity contribution in [2.24, 2.45) is 0 Å². The van der Waals surface area contributed by atoms with Gasteiger partial charge in [-0.25, -0.2) is 9.07 Å². The average Bonchev–Trinajstić information content (AvgIpc) is 3.02. The fraction of sp³-hybridized carbons (Fsp3) is 0.333. The van der Waals surface area contributed by atoms with Gasteiger partial charge >= 0.3 is 0 Å². The van der Waals surface area contributed by atoms with E-state index in [9.17, 15) is 9.18 Å². The highest BCUT2D eigenvalue weighted by Crippen LogP contribution is 2.33. The molecule has 0 fully saturated rings. The minimum Gasteiger partial charge on any atom is -0.493 e. The molecule has 1 N–H and O–H groups in total. The normalized spacial score (nSPS) is 11.8. The van der Waals surface area contributed by atoms with Crippen LogP contribution in [0.1, 0.15) is 41.0 Å². The lowest BCUT2D eigenvalue weighted by molar-refractivity contribution is -0.121. The first-order valence-electron chi connectivity index (χ1n) is 10.1. The molecule has 3 rings (SSSR count). The largest absolute Gasteiger partial charge is 0.493 e. The zero-order chi connectivity index (χ0) is 22.7. The number of rotatable bonds is 7. The summed E-state index contributed by atoms with van der Waals surface area (Å²) < 4.78 is 25.7. The van der Waals surface area contributed by atoms with Crippen molar-refractivity contribution in [2.75, 3.05) is 14.2 Å². The molecular formula is C24H28FN3O3. The van der Waals surface area contributed by atoms with Crippen molar-refractivity contribution >= 4 is 5.91 Å². The van der Waals surface area contributed by atoms with Gasteiger partial charge in [-0.2, -0.15) is 5.10 Å². The van der Waals surface area contributed by atoms with E-state index in [2.05, 4.69) is 10.4 Å². The number of carbonyl (C=O) groups is 1. The second-order valence-corrected chi connectivity index (χ2v) is 7.57. The van der Waals surface area contributed by atoms with Crippen molar-refractivity contribution in [3.05, 3.63) is 70.3 Å². The Kier molecular flexibility index (Phi) is 6.63. The Hall–Kier alpha value is -3.35. The maximum Gasteiger partial charge on any atom is 0.225 e. The smallest absolute Gasteiger partial charge is 0.225 e. The van der Waals surface area contributed by atoms with Gasteiger partial charge in [0, 0.05) is 11.3 Å². The first-order valence-corrected chi connectivity index (χ1v) is 10.1. The molecule has 0 aliphatic rings. The van der Waals surface area contributed by atoms with Crippen LogP contribution in [0.3, 0.4) is 0 Å². The van der Waals surface area contributed by atoms with Gasteiger partial charge in [-0.1, -0.05) is 0 Å². The van der Waals surface area contributed by atoms with Crippen LogP contribution in [0.15, 0.2) is 36.4 Å². The Morgan fingerprint density at radius 3 is 2.32 bits per heavy atom. The predicted molar refractivity (Wildman–Crippen MR) is 118 cm³/mol. The van der Waals surface area contributed by atoms with E-state index >= 15 is 0 Å². The topological polar surface area (TPSA) is 65.4 Å². The van der Waals surface area contributed by atoms with E-state index < -0.39 is 0 Å². The van der Waals surface area contributed by atoms with Crippen LogP contribution in [0.25, 0.3) is 5.69 Å². The molecule has 0 aliphatic carbocycles. The minimum atomic E-state index is -0.302. The lowest BCUT2D eigenvalue weighted by Gasteiger charge is -2.19. The van der Waals surface area contributed by atoms with Gasteiger partial charge < -0.3 is 14.8 Å². The van der Waals surface area contributed by atoms with Gasteiger partial charge in [0.05, 0.1) is 38.1 Å². The zero-order valence-corrected chi connectivity index (χ0v) is 18.7. The summed E-state index contributed by atoms with van der Waals surface area (Å²) in [4.78, 5) is 12.8. The first-order chi connectivity index (χ1) is 14.7. The molecule has 2 aromatic carbocycles. The second kappa shape index (κ2) is 9.20. The summed E-state index contributed by atoms with van der Waals surface area (Å²) in [5, 5.41) is 7.60. The third kappa shape index (κ3) is 4.71. The van der Waals surface area contributed by atoms with Crippen LogP contribution >= 0.6 is 0 Å². The van der Waals surface area contributed by atoms with E-state index in [0.29, 0.717) is 11.5 Å². The Balaban J connectivity index is 1.78. The first kappa shape index (κ1) is 22.3. The Bertz CT molecular complexity index is 1090. The van der Waals surface area contributed by atoms with Crippen molar-refractivity contribution in [3.8, 4) is 17.2 Å². The predicted octanol–water partition coefficient (Wildman–Crippen LogP) is 4.37. The van der Waals surface area contributed by atoms with Crippen LogP contribution in [0.5, 0.6) is 11.5 Å². The maximum atomic E-state index is 13.2. The van der Waals surface area contributed by atoms with Gasteiger partial charge in [0.25, 0.3) is 0 Å². The lowest BCUT2D eigenvalue weighted by atomic mass is 10.0. The van der Waals surface area contributed by atoms with E-state index in [0.717, 1.165) is 33.8 Å². The summed E-state index contributed by atoms with van der Waals surface area (Å²) in [6.45, 7) is 7.69. The third-order valence-electron chi connectivity index (χ3n) is 5.47. The molecule has 31 heavy (non-hydrogen) atoms. The number of ether oxygens (including phenoxy) is 2. The number of amides is 1. The Morgan fingerprint density at radius 1 is 1.10 bits per heavy atom. The molecule has 0 saturated heterocycles. The molecule has 7 heteroatoms.